The van der Waals surface area contributed by atoms with Crippen molar-refractivity contribution in [2.24, 2.45) is 0 Å². The second-order valence-corrected chi connectivity index (χ2v) is 4.83. The summed E-state index contributed by atoms with van der Waals surface area (Å²) in [6, 6.07) is 17.9. The Hall–Kier alpha value is -2.94. The molecule has 1 heterocycles. The van der Waals surface area contributed by atoms with Crippen LogP contribution in [0.2, 0.25) is 0 Å². The summed E-state index contributed by atoms with van der Waals surface area (Å²) in [5, 5.41) is 2.09. The number of aromatic nitrogens is 1. The first-order chi connectivity index (χ1) is 10.8. The molecule has 0 radical (unpaired) electrons. The van der Waals surface area contributed by atoms with Gasteiger partial charge in [-0.1, -0.05) is 54.6 Å². The highest BCUT2D eigenvalue weighted by Crippen LogP contribution is 2.29. The highest BCUT2D eigenvalue weighted by Gasteiger charge is 2.09. The summed E-state index contributed by atoms with van der Waals surface area (Å²) in [6.07, 6.45) is 5.05. The average molecular weight is 289 g/mol. The van der Waals surface area contributed by atoms with E-state index in [2.05, 4.69) is 9.72 Å². The molecule has 2 aromatic carbocycles. The number of hydrogen-bond acceptors (Lipinski definition) is 3. The second-order valence-electron chi connectivity index (χ2n) is 4.83. The van der Waals surface area contributed by atoms with Crippen LogP contribution in [0.3, 0.4) is 0 Å². The Labute approximate surface area is 128 Å². The molecule has 22 heavy (non-hydrogen) atoms. The first-order valence-electron chi connectivity index (χ1n) is 6.99. The zero-order valence-electron chi connectivity index (χ0n) is 12.2. The van der Waals surface area contributed by atoms with E-state index in [4.69, 9.17) is 0 Å². The van der Waals surface area contributed by atoms with Gasteiger partial charge in [0.2, 0.25) is 0 Å². The monoisotopic (exact) mass is 289 g/mol. The summed E-state index contributed by atoms with van der Waals surface area (Å²) in [5.74, 6) is -0.382. The molecule has 0 aliphatic heterocycles. The topological polar surface area (TPSA) is 39.2 Å². The van der Waals surface area contributed by atoms with Crippen molar-refractivity contribution in [1.29, 1.82) is 0 Å². The summed E-state index contributed by atoms with van der Waals surface area (Å²) < 4.78 is 4.68. The van der Waals surface area contributed by atoms with Gasteiger partial charge in [-0.2, -0.15) is 0 Å². The van der Waals surface area contributed by atoms with Crippen molar-refractivity contribution >= 4 is 22.8 Å². The van der Waals surface area contributed by atoms with E-state index in [1.54, 1.807) is 6.08 Å². The van der Waals surface area contributed by atoms with Crippen LogP contribution in [-0.4, -0.2) is 18.1 Å². The summed E-state index contributed by atoms with van der Waals surface area (Å²) in [4.78, 5) is 16.0. The number of benzene rings is 2. The average Bonchev–Trinajstić information content (AvgIpc) is 2.60. The van der Waals surface area contributed by atoms with Crippen LogP contribution >= 0.6 is 0 Å². The van der Waals surface area contributed by atoms with Crippen LogP contribution in [-0.2, 0) is 9.53 Å². The molecule has 3 nitrogen and oxygen atoms in total. The molecule has 0 fully saturated rings. The number of methoxy groups -OCH3 is 1. The Balaban J connectivity index is 2.23. The molecule has 0 atom stereocenters. The summed E-state index contributed by atoms with van der Waals surface area (Å²) >= 11 is 0. The lowest BCUT2D eigenvalue weighted by atomic mass is 9.99. The Morgan fingerprint density at radius 2 is 1.77 bits per heavy atom. The van der Waals surface area contributed by atoms with E-state index >= 15 is 0 Å². The number of ether oxygens (including phenoxy) is 1. The van der Waals surface area contributed by atoms with Gasteiger partial charge in [0.25, 0.3) is 0 Å². The molecule has 3 rings (SSSR count). The lowest BCUT2D eigenvalue weighted by Crippen LogP contribution is -1.95. The molecule has 108 valence electrons. The molecule has 0 saturated heterocycles. The van der Waals surface area contributed by atoms with Crippen LogP contribution < -0.4 is 0 Å². The normalized spacial score (nSPS) is 11.0. The standard InChI is InChI=1S/C19H15NO2/c1-22-18(21)12-11-17-16-10-6-5-9-15(16)13-20-19(17)14-7-3-2-4-8-14/h2-13H,1H3/b12-11+. The van der Waals surface area contributed by atoms with Crippen molar-refractivity contribution in [3.63, 3.8) is 0 Å². The van der Waals surface area contributed by atoms with Crippen molar-refractivity contribution in [3.8, 4) is 11.3 Å². The van der Waals surface area contributed by atoms with E-state index in [0.717, 1.165) is 27.6 Å². The van der Waals surface area contributed by atoms with Gasteiger partial charge in [0.1, 0.15) is 0 Å². The molecule has 0 amide bonds. The first-order valence-corrected chi connectivity index (χ1v) is 6.99. The van der Waals surface area contributed by atoms with Crippen LogP contribution in [0.5, 0.6) is 0 Å². The Morgan fingerprint density at radius 1 is 1.05 bits per heavy atom. The lowest BCUT2D eigenvalue weighted by molar-refractivity contribution is -0.134. The molecule has 0 aliphatic carbocycles. The van der Waals surface area contributed by atoms with E-state index < -0.39 is 0 Å². The van der Waals surface area contributed by atoms with Gasteiger partial charge in [0.05, 0.1) is 12.8 Å². The molecular weight excluding hydrogens is 274 g/mol. The van der Waals surface area contributed by atoms with Crippen LogP contribution in [0.1, 0.15) is 5.56 Å². The van der Waals surface area contributed by atoms with E-state index in [-0.39, 0.29) is 5.97 Å². The molecule has 3 heteroatoms. The number of carbonyl (C=O) groups is 1. The molecule has 0 unspecified atom stereocenters. The minimum Gasteiger partial charge on any atom is -0.466 e. The van der Waals surface area contributed by atoms with Gasteiger partial charge < -0.3 is 4.74 Å². The third kappa shape index (κ3) is 2.74. The number of rotatable bonds is 3. The van der Waals surface area contributed by atoms with Gasteiger partial charge >= 0.3 is 5.97 Å². The Bertz CT molecular complexity index is 838. The summed E-state index contributed by atoms with van der Waals surface area (Å²) in [5.41, 5.74) is 2.77. The maximum absolute atomic E-state index is 11.4. The van der Waals surface area contributed by atoms with Gasteiger partial charge in [0.15, 0.2) is 0 Å². The molecule has 0 aliphatic rings. The van der Waals surface area contributed by atoms with Gasteiger partial charge in [-0.05, 0) is 11.5 Å². The minimum atomic E-state index is -0.382. The summed E-state index contributed by atoms with van der Waals surface area (Å²) in [7, 11) is 1.37. The number of hydrogen-bond donors (Lipinski definition) is 0. The molecule has 0 saturated carbocycles. The molecule has 0 spiro atoms. The van der Waals surface area contributed by atoms with Gasteiger partial charge in [0, 0.05) is 28.8 Å². The molecule has 3 aromatic rings. The largest absolute Gasteiger partial charge is 0.466 e. The van der Waals surface area contributed by atoms with Crippen molar-refractivity contribution in [3.05, 3.63) is 72.4 Å². The zero-order valence-corrected chi connectivity index (χ0v) is 12.2. The molecule has 1 aromatic heterocycles. The van der Waals surface area contributed by atoms with Crippen molar-refractivity contribution in [2.45, 2.75) is 0 Å². The number of esters is 1. The maximum atomic E-state index is 11.4. The lowest BCUT2D eigenvalue weighted by Gasteiger charge is -2.09. The second kappa shape index (κ2) is 6.22. The predicted molar refractivity (Wildman–Crippen MR) is 88.2 cm³/mol. The van der Waals surface area contributed by atoms with E-state index in [9.17, 15) is 4.79 Å². The van der Waals surface area contributed by atoms with Gasteiger partial charge in [-0.25, -0.2) is 4.79 Å². The highest BCUT2D eigenvalue weighted by molar-refractivity contribution is 5.98. The predicted octanol–water partition coefficient (Wildman–Crippen LogP) is 4.09. The number of nitrogens with zero attached hydrogens (tertiary/aromatic N) is 1. The van der Waals surface area contributed by atoms with Crippen molar-refractivity contribution in [2.75, 3.05) is 7.11 Å². The molecule has 0 N–H and O–H groups in total. The smallest absolute Gasteiger partial charge is 0.330 e. The SMILES string of the molecule is COC(=O)/C=C/c1c(-c2ccccc2)ncc2ccccc12. The maximum Gasteiger partial charge on any atom is 0.330 e. The van der Waals surface area contributed by atoms with Gasteiger partial charge in [-0.15, -0.1) is 0 Å². The minimum absolute atomic E-state index is 0.382. The third-order valence-electron chi connectivity index (χ3n) is 3.47. The third-order valence-corrected chi connectivity index (χ3v) is 3.47. The van der Waals surface area contributed by atoms with Crippen LogP contribution in [0.25, 0.3) is 28.1 Å². The summed E-state index contributed by atoms with van der Waals surface area (Å²) in [6.45, 7) is 0. The molecule has 0 bridgehead atoms. The van der Waals surface area contributed by atoms with Crippen LogP contribution in [0.4, 0.5) is 0 Å². The van der Waals surface area contributed by atoms with Gasteiger partial charge in [-0.3, -0.25) is 4.98 Å². The Morgan fingerprint density at radius 3 is 2.55 bits per heavy atom. The van der Waals surface area contributed by atoms with Crippen molar-refractivity contribution < 1.29 is 9.53 Å². The molecular formula is C19H15NO2. The number of pyridine rings is 1. The van der Waals surface area contributed by atoms with Crippen LogP contribution in [0, 0.1) is 0 Å². The highest BCUT2D eigenvalue weighted by atomic mass is 16.5. The fraction of sp³-hybridized carbons (Fsp3) is 0.0526. The zero-order chi connectivity index (χ0) is 15.4. The fourth-order valence-electron chi connectivity index (χ4n) is 2.40. The quantitative estimate of drug-likeness (QED) is 0.538. The van der Waals surface area contributed by atoms with E-state index in [1.165, 1.54) is 13.2 Å². The fourth-order valence-corrected chi connectivity index (χ4v) is 2.40. The number of fused-ring (bicyclic) bond motifs is 1. The first kappa shape index (κ1) is 14.0. The van der Waals surface area contributed by atoms with E-state index in [0.29, 0.717) is 0 Å². The number of carbonyl (C=O) groups excluding carboxylic acids is 1. The Kier molecular flexibility index (Phi) is 3.97. The van der Waals surface area contributed by atoms with E-state index in [1.807, 2.05) is 60.8 Å². The van der Waals surface area contributed by atoms with Crippen molar-refractivity contribution in [1.82, 2.24) is 4.98 Å². The van der Waals surface area contributed by atoms with Crippen LogP contribution in [0.15, 0.2) is 66.9 Å².